The first-order chi connectivity index (χ1) is 11.3. The molecule has 2 N–H and O–H groups in total. The lowest BCUT2D eigenvalue weighted by molar-refractivity contribution is 0.345. The summed E-state index contributed by atoms with van der Waals surface area (Å²) in [5, 5.41) is 2.47. The van der Waals surface area contributed by atoms with Gasteiger partial charge in [-0.2, -0.15) is 0 Å². The van der Waals surface area contributed by atoms with Crippen molar-refractivity contribution >= 4 is 28.6 Å². The number of hydrogen-bond acceptors (Lipinski definition) is 2. The molecular weight excluding hydrogens is 293 g/mol. The van der Waals surface area contributed by atoms with E-state index in [0.717, 1.165) is 6.42 Å². The summed E-state index contributed by atoms with van der Waals surface area (Å²) >= 11 is 0. The van der Waals surface area contributed by atoms with Crippen LogP contribution < -0.4 is 16.7 Å². The largest absolute Gasteiger partial charge is 0.426 e. The van der Waals surface area contributed by atoms with E-state index in [0.29, 0.717) is 13.2 Å². The number of rotatable bonds is 6. The normalized spacial score (nSPS) is 10.4. The number of nitrogens with two attached hydrogens (primary N) is 1. The Morgan fingerprint density at radius 2 is 1.71 bits per heavy atom. The molecule has 0 bridgehead atoms. The smallest absolute Gasteiger partial charge is 0.362 e. The quantitative estimate of drug-likeness (QED) is 0.709. The van der Waals surface area contributed by atoms with E-state index in [1.54, 1.807) is 0 Å². The van der Waals surface area contributed by atoms with Crippen LogP contribution in [-0.2, 0) is 11.1 Å². The first kappa shape index (κ1) is 18.2. The summed E-state index contributed by atoms with van der Waals surface area (Å²) < 4.78 is 6.15. The van der Waals surface area contributed by atoms with Crippen LogP contribution in [0.1, 0.15) is 19.9 Å². The minimum atomic E-state index is -0.0869. The molecular formula is C21H26BNO. The predicted octanol–water partition coefficient (Wildman–Crippen LogP) is 3.12. The third kappa shape index (κ3) is 3.86. The Bertz CT molecular complexity index is 782. The maximum absolute atomic E-state index is 6.15. The lowest BCUT2D eigenvalue weighted by Crippen LogP contribution is -2.46. The van der Waals surface area contributed by atoms with Crippen LogP contribution in [0.2, 0.25) is 0 Å². The summed E-state index contributed by atoms with van der Waals surface area (Å²) in [6.07, 6.45) is 1.02. The van der Waals surface area contributed by atoms with Crippen LogP contribution >= 0.6 is 0 Å². The van der Waals surface area contributed by atoms with Gasteiger partial charge in [-0.05, 0) is 33.7 Å². The topological polar surface area (TPSA) is 35.2 Å². The molecule has 0 aliphatic rings. The van der Waals surface area contributed by atoms with Gasteiger partial charge in [-0.3, -0.25) is 0 Å². The molecule has 3 rings (SSSR count). The molecule has 0 saturated carbocycles. The van der Waals surface area contributed by atoms with Crippen molar-refractivity contribution in [2.45, 2.75) is 20.8 Å². The van der Waals surface area contributed by atoms with E-state index in [1.165, 1.54) is 27.3 Å². The van der Waals surface area contributed by atoms with Gasteiger partial charge >= 0.3 is 6.92 Å². The molecule has 3 heteroatoms. The van der Waals surface area contributed by atoms with Gasteiger partial charge in [-0.15, -0.1) is 0 Å². The van der Waals surface area contributed by atoms with Crippen LogP contribution in [0.15, 0.2) is 66.7 Å². The minimum absolute atomic E-state index is 0. The zero-order valence-corrected chi connectivity index (χ0v) is 13.5. The predicted molar refractivity (Wildman–Crippen MR) is 107 cm³/mol. The molecule has 0 radical (unpaired) electrons. The van der Waals surface area contributed by atoms with Gasteiger partial charge in [-0.25, -0.2) is 0 Å². The van der Waals surface area contributed by atoms with Crippen LogP contribution in [0.4, 0.5) is 0 Å². The molecule has 24 heavy (non-hydrogen) atoms. The molecule has 0 aliphatic carbocycles. The molecule has 2 nitrogen and oxygen atoms in total. The molecule has 124 valence electrons. The van der Waals surface area contributed by atoms with E-state index in [1.807, 2.05) is 0 Å². The average Bonchev–Trinajstić information content (AvgIpc) is 2.62. The molecule has 0 atom stereocenters. The van der Waals surface area contributed by atoms with Crippen molar-refractivity contribution in [3.63, 3.8) is 0 Å². The summed E-state index contributed by atoms with van der Waals surface area (Å²) in [5.74, 6) is 0. The maximum atomic E-state index is 6.15. The fraction of sp³-hybridized carbons (Fsp3) is 0.238. The molecule has 0 saturated heterocycles. The molecule has 0 heterocycles. The monoisotopic (exact) mass is 319 g/mol. The van der Waals surface area contributed by atoms with Gasteiger partial charge in [0.1, 0.15) is 0 Å². The highest BCUT2D eigenvalue weighted by atomic mass is 16.4. The fourth-order valence-corrected chi connectivity index (χ4v) is 3.01. The second-order valence-electron chi connectivity index (χ2n) is 5.71. The maximum Gasteiger partial charge on any atom is 0.362 e. The first-order valence-corrected chi connectivity index (χ1v) is 8.21. The van der Waals surface area contributed by atoms with Crippen molar-refractivity contribution in [3.05, 3.63) is 72.3 Å². The van der Waals surface area contributed by atoms with Crippen molar-refractivity contribution in [1.82, 2.24) is 0 Å². The molecule has 3 aromatic carbocycles. The van der Waals surface area contributed by atoms with Gasteiger partial charge in [0.05, 0.1) is 0 Å². The van der Waals surface area contributed by atoms with Gasteiger partial charge in [0, 0.05) is 13.2 Å². The SMILES string of the molecule is C.CCc1cccc(B(OCCN)c2cccc3ccccc23)c1. The van der Waals surface area contributed by atoms with Gasteiger partial charge in [0.25, 0.3) is 0 Å². The summed E-state index contributed by atoms with van der Waals surface area (Å²) in [6, 6.07) is 23.5. The van der Waals surface area contributed by atoms with E-state index >= 15 is 0 Å². The molecule has 0 aliphatic heterocycles. The number of fused-ring (bicyclic) bond motifs is 1. The zero-order valence-electron chi connectivity index (χ0n) is 13.5. The Balaban J connectivity index is 0.00000208. The van der Waals surface area contributed by atoms with Gasteiger partial charge in [-0.1, -0.05) is 81.1 Å². The highest BCUT2D eigenvalue weighted by molar-refractivity contribution is 6.82. The van der Waals surface area contributed by atoms with Crippen LogP contribution in [0, 0.1) is 0 Å². The number of benzene rings is 3. The average molecular weight is 319 g/mol. The Morgan fingerprint density at radius 3 is 2.50 bits per heavy atom. The van der Waals surface area contributed by atoms with E-state index in [2.05, 4.69) is 73.7 Å². The zero-order chi connectivity index (χ0) is 16.1. The van der Waals surface area contributed by atoms with Crippen molar-refractivity contribution < 1.29 is 4.65 Å². The minimum Gasteiger partial charge on any atom is -0.426 e. The summed E-state index contributed by atoms with van der Waals surface area (Å²) in [6.45, 7) is 3.15. The summed E-state index contributed by atoms with van der Waals surface area (Å²) in [5.41, 5.74) is 9.39. The molecule has 0 amide bonds. The molecule has 0 fully saturated rings. The molecule has 0 unspecified atom stereocenters. The Labute approximate surface area is 145 Å². The molecule has 0 aromatic heterocycles. The Morgan fingerprint density at radius 1 is 0.958 bits per heavy atom. The fourth-order valence-electron chi connectivity index (χ4n) is 3.01. The Kier molecular flexibility index (Phi) is 6.59. The van der Waals surface area contributed by atoms with Gasteiger partial charge in [0.15, 0.2) is 0 Å². The second kappa shape index (κ2) is 8.67. The lowest BCUT2D eigenvalue weighted by atomic mass is 9.54. The molecule has 0 spiro atoms. The number of aryl methyl sites for hydroxylation is 1. The highest BCUT2D eigenvalue weighted by Gasteiger charge is 2.23. The Hall–Kier alpha value is -2.10. The van der Waals surface area contributed by atoms with Crippen LogP contribution in [0.25, 0.3) is 10.8 Å². The third-order valence-corrected chi connectivity index (χ3v) is 4.17. The highest BCUT2D eigenvalue weighted by Crippen LogP contribution is 2.12. The lowest BCUT2D eigenvalue weighted by Gasteiger charge is -2.17. The van der Waals surface area contributed by atoms with Crippen molar-refractivity contribution in [2.75, 3.05) is 13.2 Å². The number of hydrogen-bond donors (Lipinski definition) is 1. The van der Waals surface area contributed by atoms with E-state index in [-0.39, 0.29) is 14.3 Å². The van der Waals surface area contributed by atoms with Crippen LogP contribution in [-0.4, -0.2) is 20.1 Å². The van der Waals surface area contributed by atoms with E-state index in [9.17, 15) is 0 Å². The van der Waals surface area contributed by atoms with E-state index < -0.39 is 0 Å². The van der Waals surface area contributed by atoms with Crippen molar-refractivity contribution in [1.29, 1.82) is 0 Å². The summed E-state index contributed by atoms with van der Waals surface area (Å²) in [7, 11) is 0. The third-order valence-electron chi connectivity index (χ3n) is 4.17. The molecule has 3 aromatic rings. The summed E-state index contributed by atoms with van der Waals surface area (Å²) in [4.78, 5) is 0. The van der Waals surface area contributed by atoms with Crippen LogP contribution in [0.3, 0.4) is 0 Å². The van der Waals surface area contributed by atoms with Crippen LogP contribution in [0.5, 0.6) is 0 Å². The van der Waals surface area contributed by atoms with Gasteiger partial charge in [0.2, 0.25) is 0 Å². The van der Waals surface area contributed by atoms with Crippen molar-refractivity contribution in [2.24, 2.45) is 5.73 Å². The van der Waals surface area contributed by atoms with E-state index in [4.69, 9.17) is 10.4 Å². The second-order valence-corrected chi connectivity index (χ2v) is 5.71. The van der Waals surface area contributed by atoms with Crippen molar-refractivity contribution in [3.8, 4) is 0 Å². The first-order valence-electron chi connectivity index (χ1n) is 8.21. The standard InChI is InChI=1S/C20H22BNO.CH4/c1-2-16-7-5-10-18(15-16)21(23-14-13-22)20-12-6-9-17-8-3-4-11-19(17)20;/h3-12,15H,2,13-14,22H2,1H3;1H4. The van der Waals surface area contributed by atoms with Gasteiger partial charge < -0.3 is 10.4 Å².